The van der Waals surface area contributed by atoms with Crippen LogP contribution in [0.4, 0.5) is 16.2 Å². The molecule has 3 rings (SSSR count). The fraction of sp³-hybridized carbons (Fsp3) is 0.158. The standard InChI is InChI=1S/C19H20N4O4S/c1-14-4-2-3-5-15(14)12-28(25,26)23-17-8-6-16(7-9-17)22-19(24)21-11-18-10-20-13-27-18/h2-10,13,23H,11-12H2,1H3,(H2,21,22,24). The molecule has 2 amide bonds. The van der Waals surface area contributed by atoms with E-state index >= 15 is 0 Å². The number of oxazole rings is 1. The lowest BCUT2D eigenvalue weighted by molar-refractivity contribution is 0.251. The van der Waals surface area contributed by atoms with Gasteiger partial charge in [-0.1, -0.05) is 24.3 Å². The first-order valence-electron chi connectivity index (χ1n) is 8.48. The van der Waals surface area contributed by atoms with Crippen LogP contribution in [-0.2, 0) is 22.3 Å². The molecular formula is C19H20N4O4S. The van der Waals surface area contributed by atoms with Gasteiger partial charge in [0, 0.05) is 11.4 Å². The number of hydrogen-bond acceptors (Lipinski definition) is 5. The first-order chi connectivity index (χ1) is 13.4. The predicted molar refractivity (Wildman–Crippen MR) is 106 cm³/mol. The monoisotopic (exact) mass is 400 g/mol. The van der Waals surface area contributed by atoms with Crippen molar-refractivity contribution in [2.24, 2.45) is 0 Å². The zero-order valence-corrected chi connectivity index (χ0v) is 16.0. The summed E-state index contributed by atoms with van der Waals surface area (Å²) < 4.78 is 32.3. The fourth-order valence-corrected chi connectivity index (χ4v) is 3.79. The highest BCUT2D eigenvalue weighted by atomic mass is 32.2. The Morgan fingerprint density at radius 2 is 1.79 bits per heavy atom. The number of urea groups is 1. The van der Waals surface area contributed by atoms with Gasteiger partial charge in [0.1, 0.15) is 5.76 Å². The number of anilines is 2. The van der Waals surface area contributed by atoms with Crippen LogP contribution in [0.25, 0.3) is 0 Å². The quantitative estimate of drug-likeness (QED) is 0.563. The van der Waals surface area contributed by atoms with E-state index in [-0.39, 0.29) is 12.3 Å². The number of carbonyl (C=O) groups is 1. The van der Waals surface area contributed by atoms with Crippen molar-refractivity contribution in [2.45, 2.75) is 19.2 Å². The number of nitrogens with one attached hydrogen (secondary N) is 3. The number of rotatable bonds is 7. The smallest absolute Gasteiger partial charge is 0.319 e. The minimum atomic E-state index is -3.55. The maximum absolute atomic E-state index is 12.4. The molecule has 0 spiro atoms. The van der Waals surface area contributed by atoms with Gasteiger partial charge in [0.2, 0.25) is 10.0 Å². The summed E-state index contributed by atoms with van der Waals surface area (Å²) in [4.78, 5) is 15.6. The lowest BCUT2D eigenvalue weighted by Gasteiger charge is -2.11. The maximum atomic E-state index is 12.4. The van der Waals surface area contributed by atoms with Gasteiger partial charge in [-0.15, -0.1) is 0 Å². The summed E-state index contributed by atoms with van der Waals surface area (Å²) >= 11 is 0. The van der Waals surface area contributed by atoms with Crippen molar-refractivity contribution < 1.29 is 17.6 Å². The molecule has 8 nitrogen and oxygen atoms in total. The lowest BCUT2D eigenvalue weighted by Crippen LogP contribution is -2.28. The Labute approximate surface area is 163 Å². The Morgan fingerprint density at radius 3 is 2.46 bits per heavy atom. The Morgan fingerprint density at radius 1 is 1.07 bits per heavy atom. The SMILES string of the molecule is Cc1ccccc1CS(=O)(=O)Nc1ccc(NC(=O)NCc2cnco2)cc1. The Balaban J connectivity index is 1.55. The summed E-state index contributed by atoms with van der Waals surface area (Å²) in [5, 5.41) is 5.28. The van der Waals surface area contributed by atoms with Crippen LogP contribution in [0.5, 0.6) is 0 Å². The van der Waals surface area contributed by atoms with Gasteiger partial charge in [0.25, 0.3) is 0 Å². The van der Waals surface area contributed by atoms with Crippen LogP contribution in [0.15, 0.2) is 65.5 Å². The Hall–Kier alpha value is -3.33. The van der Waals surface area contributed by atoms with E-state index in [2.05, 4.69) is 20.3 Å². The van der Waals surface area contributed by atoms with E-state index in [0.717, 1.165) is 11.1 Å². The third kappa shape index (κ3) is 5.58. The number of benzene rings is 2. The molecule has 0 bridgehead atoms. The van der Waals surface area contributed by atoms with E-state index in [0.29, 0.717) is 17.1 Å². The molecule has 1 aromatic heterocycles. The second-order valence-electron chi connectivity index (χ2n) is 6.14. The molecule has 146 valence electrons. The third-order valence-electron chi connectivity index (χ3n) is 3.93. The zero-order chi connectivity index (χ0) is 20.0. The third-order valence-corrected chi connectivity index (χ3v) is 5.17. The van der Waals surface area contributed by atoms with Crippen molar-refractivity contribution in [1.82, 2.24) is 10.3 Å². The first kappa shape index (κ1) is 19.4. The molecule has 0 aliphatic carbocycles. The van der Waals surface area contributed by atoms with Crippen LogP contribution in [0.2, 0.25) is 0 Å². The van der Waals surface area contributed by atoms with Gasteiger partial charge in [-0.05, 0) is 42.3 Å². The highest BCUT2D eigenvalue weighted by Gasteiger charge is 2.13. The van der Waals surface area contributed by atoms with Gasteiger partial charge in [0.05, 0.1) is 18.5 Å². The average molecular weight is 400 g/mol. The van der Waals surface area contributed by atoms with E-state index in [1.807, 2.05) is 25.1 Å². The van der Waals surface area contributed by atoms with Gasteiger partial charge in [-0.3, -0.25) is 4.72 Å². The molecule has 0 saturated carbocycles. The number of sulfonamides is 1. The van der Waals surface area contributed by atoms with E-state index in [1.165, 1.54) is 12.6 Å². The van der Waals surface area contributed by atoms with Gasteiger partial charge >= 0.3 is 6.03 Å². The van der Waals surface area contributed by atoms with Crippen molar-refractivity contribution in [3.8, 4) is 0 Å². The molecule has 2 aromatic carbocycles. The maximum Gasteiger partial charge on any atom is 0.319 e. The second kappa shape index (κ2) is 8.57. The molecule has 0 aliphatic rings. The molecule has 0 fully saturated rings. The van der Waals surface area contributed by atoms with Crippen LogP contribution in [0.3, 0.4) is 0 Å². The molecule has 0 radical (unpaired) electrons. The number of aryl methyl sites for hydroxylation is 1. The number of aromatic nitrogens is 1. The minimum Gasteiger partial charge on any atom is -0.447 e. The highest BCUT2D eigenvalue weighted by molar-refractivity contribution is 7.91. The molecule has 0 atom stereocenters. The normalized spacial score (nSPS) is 11.0. The van der Waals surface area contributed by atoms with Crippen molar-refractivity contribution in [3.63, 3.8) is 0 Å². The van der Waals surface area contributed by atoms with Crippen molar-refractivity contribution in [2.75, 3.05) is 10.0 Å². The molecule has 1 heterocycles. The predicted octanol–water partition coefficient (Wildman–Crippen LogP) is 3.25. The van der Waals surface area contributed by atoms with E-state index in [1.54, 1.807) is 30.3 Å². The Bertz CT molecular complexity index is 1030. The lowest BCUT2D eigenvalue weighted by atomic mass is 10.1. The molecule has 28 heavy (non-hydrogen) atoms. The number of amides is 2. The molecule has 0 aliphatic heterocycles. The molecule has 0 saturated heterocycles. The zero-order valence-electron chi connectivity index (χ0n) is 15.2. The summed E-state index contributed by atoms with van der Waals surface area (Å²) in [6, 6.07) is 13.3. The molecule has 9 heteroatoms. The van der Waals surface area contributed by atoms with Crippen LogP contribution in [0, 0.1) is 6.92 Å². The second-order valence-corrected chi connectivity index (χ2v) is 7.86. The molecular weight excluding hydrogens is 380 g/mol. The summed E-state index contributed by atoms with van der Waals surface area (Å²) in [5.74, 6) is 0.428. The molecule has 3 aromatic rings. The first-order valence-corrected chi connectivity index (χ1v) is 10.1. The van der Waals surface area contributed by atoms with E-state index in [4.69, 9.17) is 4.42 Å². The molecule has 3 N–H and O–H groups in total. The summed E-state index contributed by atoms with van der Waals surface area (Å²) in [7, 11) is -3.55. The van der Waals surface area contributed by atoms with Crippen LogP contribution in [-0.4, -0.2) is 19.4 Å². The number of hydrogen-bond donors (Lipinski definition) is 3. The van der Waals surface area contributed by atoms with Crippen LogP contribution >= 0.6 is 0 Å². The van der Waals surface area contributed by atoms with Crippen molar-refractivity contribution in [1.29, 1.82) is 0 Å². The summed E-state index contributed by atoms with van der Waals surface area (Å²) in [6.07, 6.45) is 2.80. The fourth-order valence-electron chi connectivity index (χ4n) is 2.49. The van der Waals surface area contributed by atoms with Crippen molar-refractivity contribution >= 4 is 27.4 Å². The van der Waals surface area contributed by atoms with Crippen LogP contribution in [0.1, 0.15) is 16.9 Å². The van der Waals surface area contributed by atoms with Gasteiger partial charge in [0.15, 0.2) is 6.39 Å². The van der Waals surface area contributed by atoms with Crippen LogP contribution < -0.4 is 15.4 Å². The average Bonchev–Trinajstić information content (AvgIpc) is 3.17. The Kier molecular flexibility index (Phi) is 5.95. The largest absolute Gasteiger partial charge is 0.447 e. The van der Waals surface area contributed by atoms with E-state index in [9.17, 15) is 13.2 Å². The van der Waals surface area contributed by atoms with Gasteiger partial charge < -0.3 is 15.1 Å². The number of carbonyl (C=O) groups excluding carboxylic acids is 1. The minimum absolute atomic E-state index is 0.107. The molecule has 0 unspecified atom stereocenters. The number of nitrogens with zero attached hydrogens (tertiary/aromatic N) is 1. The van der Waals surface area contributed by atoms with Gasteiger partial charge in [-0.25, -0.2) is 18.2 Å². The topological polar surface area (TPSA) is 113 Å². The van der Waals surface area contributed by atoms with Gasteiger partial charge in [-0.2, -0.15) is 0 Å². The highest BCUT2D eigenvalue weighted by Crippen LogP contribution is 2.17. The van der Waals surface area contributed by atoms with Crippen molar-refractivity contribution in [3.05, 3.63) is 78.0 Å². The summed E-state index contributed by atoms with van der Waals surface area (Å²) in [5.41, 5.74) is 2.61. The summed E-state index contributed by atoms with van der Waals surface area (Å²) in [6.45, 7) is 2.08. The van der Waals surface area contributed by atoms with E-state index < -0.39 is 16.1 Å².